The Morgan fingerprint density at radius 1 is 1.04 bits per heavy atom. The lowest BCUT2D eigenvalue weighted by atomic mass is 9.97. The van der Waals surface area contributed by atoms with Crippen LogP contribution in [0.4, 0.5) is 8.63 Å². The van der Waals surface area contributed by atoms with Gasteiger partial charge in [-0.05, 0) is 49.6 Å². The minimum Gasteiger partial charge on any atom is -0.355 e. The second-order valence-electron chi connectivity index (χ2n) is 6.06. The van der Waals surface area contributed by atoms with Gasteiger partial charge >= 0.3 is 7.40 Å². The molecule has 3 rings (SSSR count). The Morgan fingerprint density at radius 2 is 1.71 bits per heavy atom. The summed E-state index contributed by atoms with van der Waals surface area (Å²) in [6.07, 6.45) is 0. The SMILES string of the molecule is C=c1cc(C)/c(=C(\c2ccccc2)c2c(C)cc(C)n2B(F)F)[nH]1. The van der Waals surface area contributed by atoms with E-state index < -0.39 is 7.40 Å². The number of benzene rings is 1. The average Bonchev–Trinajstić information content (AvgIpc) is 3.00. The highest BCUT2D eigenvalue weighted by molar-refractivity contribution is 6.41. The van der Waals surface area contributed by atoms with Crippen molar-refractivity contribution in [1.29, 1.82) is 0 Å². The summed E-state index contributed by atoms with van der Waals surface area (Å²) in [5, 5.41) is 1.59. The van der Waals surface area contributed by atoms with Crippen molar-refractivity contribution in [3.05, 3.63) is 81.2 Å². The van der Waals surface area contributed by atoms with Gasteiger partial charge in [-0.3, -0.25) is 8.63 Å². The number of halogens is 2. The molecule has 2 nitrogen and oxygen atoms in total. The zero-order chi connectivity index (χ0) is 17.4. The molecular formula is C19H19BF2N2. The van der Waals surface area contributed by atoms with Gasteiger partial charge in [0.25, 0.3) is 0 Å². The monoisotopic (exact) mass is 324 g/mol. The Balaban J connectivity index is 2.49. The smallest absolute Gasteiger partial charge is 0.355 e. The molecule has 0 aliphatic rings. The second-order valence-corrected chi connectivity index (χ2v) is 6.06. The number of aryl methyl sites for hydroxylation is 3. The summed E-state index contributed by atoms with van der Waals surface area (Å²) in [6, 6.07) is 13.3. The van der Waals surface area contributed by atoms with Gasteiger partial charge in [-0.1, -0.05) is 36.9 Å². The lowest BCUT2D eigenvalue weighted by molar-refractivity contribution is 0.624. The van der Waals surface area contributed by atoms with Crippen LogP contribution < -0.4 is 10.7 Å². The van der Waals surface area contributed by atoms with Crippen LogP contribution >= 0.6 is 0 Å². The van der Waals surface area contributed by atoms with E-state index in [-0.39, 0.29) is 0 Å². The van der Waals surface area contributed by atoms with E-state index in [0.29, 0.717) is 11.4 Å². The van der Waals surface area contributed by atoms with Crippen molar-refractivity contribution in [2.24, 2.45) is 0 Å². The fraction of sp³-hybridized carbons (Fsp3) is 0.158. The molecular weight excluding hydrogens is 305 g/mol. The fourth-order valence-electron chi connectivity index (χ4n) is 3.28. The molecule has 2 aromatic heterocycles. The van der Waals surface area contributed by atoms with Crippen molar-refractivity contribution in [3.63, 3.8) is 0 Å². The van der Waals surface area contributed by atoms with Crippen molar-refractivity contribution in [2.45, 2.75) is 20.8 Å². The summed E-state index contributed by atoms with van der Waals surface area (Å²) < 4.78 is 28.6. The van der Waals surface area contributed by atoms with Crippen molar-refractivity contribution in [2.75, 3.05) is 0 Å². The minimum absolute atomic E-state index is 0.540. The summed E-state index contributed by atoms with van der Waals surface area (Å²) in [5.41, 5.74) is 4.56. The van der Waals surface area contributed by atoms with E-state index in [2.05, 4.69) is 11.6 Å². The second kappa shape index (κ2) is 6.15. The van der Waals surface area contributed by atoms with Gasteiger partial charge in [0.1, 0.15) is 0 Å². The molecule has 122 valence electrons. The molecule has 5 heteroatoms. The number of hydrogen-bond donors (Lipinski definition) is 1. The molecule has 3 aromatic rings. The third-order valence-corrected chi connectivity index (χ3v) is 4.23. The first-order valence-corrected chi connectivity index (χ1v) is 7.81. The number of nitrogens with one attached hydrogen (secondary N) is 1. The van der Waals surface area contributed by atoms with E-state index in [9.17, 15) is 8.63 Å². The third kappa shape index (κ3) is 2.71. The van der Waals surface area contributed by atoms with E-state index >= 15 is 0 Å². The summed E-state index contributed by atoms with van der Waals surface area (Å²) >= 11 is 0. The Labute approximate surface area is 140 Å². The number of H-pyrrole nitrogens is 1. The van der Waals surface area contributed by atoms with Crippen LogP contribution in [0.25, 0.3) is 12.2 Å². The Bertz CT molecular complexity index is 985. The molecule has 0 aliphatic carbocycles. The number of aromatic amines is 1. The van der Waals surface area contributed by atoms with E-state index in [0.717, 1.165) is 37.4 Å². The van der Waals surface area contributed by atoms with Gasteiger partial charge in [0, 0.05) is 22.3 Å². The maximum atomic E-state index is 13.7. The number of hydrogen-bond acceptors (Lipinski definition) is 0. The lowest BCUT2D eigenvalue weighted by Gasteiger charge is -2.14. The first kappa shape index (κ1) is 16.3. The summed E-state index contributed by atoms with van der Waals surface area (Å²) in [7, 11) is -2.60. The standard InChI is InChI=1S/C19H19BF2N2/c1-12-10-14(3)23-18(12)17(16-8-6-5-7-9-16)19-13(2)11-15(4)24(19)20(21)22/h5-11,23H,3H2,1-2,4H3/b18-17-. The van der Waals surface area contributed by atoms with Gasteiger partial charge < -0.3 is 9.46 Å². The van der Waals surface area contributed by atoms with Crippen LogP contribution in [-0.2, 0) is 0 Å². The van der Waals surface area contributed by atoms with Gasteiger partial charge in [0.15, 0.2) is 0 Å². The highest BCUT2D eigenvalue weighted by Crippen LogP contribution is 2.27. The lowest BCUT2D eigenvalue weighted by Crippen LogP contribution is -2.23. The van der Waals surface area contributed by atoms with Crippen LogP contribution in [0.1, 0.15) is 28.1 Å². The largest absolute Gasteiger partial charge is 0.677 e. The third-order valence-electron chi connectivity index (χ3n) is 4.23. The molecule has 0 amide bonds. The molecule has 24 heavy (non-hydrogen) atoms. The van der Waals surface area contributed by atoms with Crippen molar-refractivity contribution >= 4 is 19.6 Å². The van der Waals surface area contributed by atoms with Gasteiger partial charge in [-0.25, -0.2) is 0 Å². The van der Waals surface area contributed by atoms with Gasteiger partial charge in [-0.15, -0.1) is 0 Å². The van der Waals surface area contributed by atoms with Gasteiger partial charge in [0.05, 0.1) is 5.35 Å². The maximum Gasteiger partial charge on any atom is 0.677 e. The van der Waals surface area contributed by atoms with Gasteiger partial charge in [0.2, 0.25) is 0 Å². The highest BCUT2D eigenvalue weighted by Gasteiger charge is 2.27. The number of rotatable bonds is 3. The molecule has 0 unspecified atom stereocenters. The van der Waals surface area contributed by atoms with Crippen molar-refractivity contribution < 1.29 is 8.63 Å². The minimum atomic E-state index is -2.60. The van der Waals surface area contributed by atoms with E-state index in [1.165, 1.54) is 0 Å². The molecule has 2 heterocycles. The summed E-state index contributed by atoms with van der Waals surface area (Å²) in [5.74, 6) is 0. The van der Waals surface area contributed by atoms with Crippen molar-refractivity contribution in [1.82, 2.24) is 9.46 Å². The summed E-state index contributed by atoms with van der Waals surface area (Å²) in [4.78, 5) is 3.24. The first-order valence-electron chi connectivity index (χ1n) is 7.81. The van der Waals surface area contributed by atoms with Crippen LogP contribution in [0.2, 0.25) is 0 Å². The molecule has 0 spiro atoms. The topological polar surface area (TPSA) is 20.7 Å². The molecule has 0 atom stereocenters. The molecule has 0 fully saturated rings. The molecule has 0 saturated carbocycles. The molecule has 1 aromatic carbocycles. The van der Waals surface area contributed by atoms with Crippen LogP contribution in [0.3, 0.4) is 0 Å². The molecule has 0 saturated heterocycles. The normalized spacial score (nSPS) is 12.4. The average molecular weight is 324 g/mol. The van der Waals surface area contributed by atoms with E-state index in [1.807, 2.05) is 50.2 Å². The van der Waals surface area contributed by atoms with Crippen LogP contribution in [-0.4, -0.2) is 16.9 Å². The predicted molar refractivity (Wildman–Crippen MR) is 95.6 cm³/mol. The molecule has 1 N–H and O–H groups in total. The molecule has 0 aliphatic heterocycles. The number of aromatic nitrogens is 2. The zero-order valence-corrected chi connectivity index (χ0v) is 14.0. The van der Waals surface area contributed by atoms with E-state index in [4.69, 9.17) is 0 Å². The first-order chi connectivity index (χ1) is 11.4. The molecule has 0 bridgehead atoms. The van der Waals surface area contributed by atoms with Crippen LogP contribution in [0.5, 0.6) is 0 Å². The van der Waals surface area contributed by atoms with Crippen LogP contribution in [0, 0.1) is 20.8 Å². The Hall–Kier alpha value is -2.56. The Kier molecular flexibility index (Phi) is 4.18. The predicted octanol–water partition coefficient (Wildman–Crippen LogP) is 3.17. The van der Waals surface area contributed by atoms with Crippen LogP contribution in [0.15, 0.2) is 42.5 Å². The maximum absolute atomic E-state index is 13.7. The van der Waals surface area contributed by atoms with Gasteiger partial charge in [-0.2, -0.15) is 0 Å². The Morgan fingerprint density at radius 3 is 2.25 bits per heavy atom. The quantitative estimate of drug-likeness (QED) is 0.715. The zero-order valence-electron chi connectivity index (χ0n) is 14.0. The summed E-state index contributed by atoms with van der Waals surface area (Å²) in [6.45, 7) is 9.47. The van der Waals surface area contributed by atoms with E-state index in [1.54, 1.807) is 13.0 Å². The fourth-order valence-corrected chi connectivity index (χ4v) is 3.28. The number of nitrogens with zero attached hydrogens (tertiary/aromatic N) is 1. The van der Waals surface area contributed by atoms with Crippen molar-refractivity contribution in [3.8, 4) is 0 Å². The highest BCUT2D eigenvalue weighted by atomic mass is 19.2. The molecule has 0 radical (unpaired) electrons.